The average Bonchev–Trinajstić information content (AvgIpc) is 2.42. The molecule has 1 aliphatic rings. The van der Waals surface area contributed by atoms with Gasteiger partial charge in [-0.15, -0.1) is 0 Å². The van der Waals surface area contributed by atoms with Crippen LogP contribution in [-0.4, -0.2) is 25.5 Å². The van der Waals surface area contributed by atoms with Crippen molar-refractivity contribution in [1.29, 1.82) is 0 Å². The van der Waals surface area contributed by atoms with Gasteiger partial charge in [-0.3, -0.25) is 4.79 Å². The summed E-state index contributed by atoms with van der Waals surface area (Å²) in [5.41, 5.74) is 0.385. The number of nitrogens with one attached hydrogen (secondary N) is 1. The van der Waals surface area contributed by atoms with Gasteiger partial charge in [-0.05, 0) is 38.4 Å². The van der Waals surface area contributed by atoms with Crippen LogP contribution < -0.4 is 10.2 Å². The molecule has 0 aromatic heterocycles. The number of carbonyl (C=O) groups is 1. The molecule has 0 radical (unpaired) electrons. The first kappa shape index (κ1) is 13.0. The van der Waals surface area contributed by atoms with Gasteiger partial charge in [0.2, 0.25) is 5.91 Å². The van der Waals surface area contributed by atoms with E-state index in [-0.39, 0.29) is 17.6 Å². The first-order chi connectivity index (χ1) is 8.74. The van der Waals surface area contributed by atoms with E-state index in [1.807, 2.05) is 6.92 Å². The number of carbonyl (C=O) groups excluding carboxylic acids is 1. The highest BCUT2D eigenvalue weighted by Gasteiger charge is 2.27. The Morgan fingerprint density at radius 3 is 2.89 bits per heavy atom. The van der Waals surface area contributed by atoms with E-state index < -0.39 is 0 Å². The monoisotopic (exact) mass is 250 g/mol. The Labute approximate surface area is 107 Å². The number of rotatable bonds is 3. The molecule has 0 spiro atoms. The second kappa shape index (κ2) is 5.96. The number of halogens is 1. The van der Waals surface area contributed by atoms with Crippen LogP contribution in [0.15, 0.2) is 24.3 Å². The van der Waals surface area contributed by atoms with Gasteiger partial charge in [0.25, 0.3) is 0 Å². The summed E-state index contributed by atoms with van der Waals surface area (Å²) in [4.78, 5) is 13.9. The maximum absolute atomic E-state index is 13.7. The minimum atomic E-state index is -0.337. The van der Waals surface area contributed by atoms with Crippen LogP contribution in [0.2, 0.25) is 0 Å². The van der Waals surface area contributed by atoms with Crippen LogP contribution in [-0.2, 0) is 4.79 Å². The Bertz CT molecular complexity index is 416. The third kappa shape index (κ3) is 2.70. The van der Waals surface area contributed by atoms with Crippen molar-refractivity contribution >= 4 is 11.6 Å². The highest BCUT2D eigenvalue weighted by Crippen LogP contribution is 2.22. The Balaban J connectivity index is 2.17. The fourth-order valence-corrected chi connectivity index (χ4v) is 2.40. The molecule has 2 rings (SSSR count). The van der Waals surface area contributed by atoms with Gasteiger partial charge < -0.3 is 10.2 Å². The van der Waals surface area contributed by atoms with E-state index in [1.165, 1.54) is 6.07 Å². The fraction of sp³-hybridized carbons (Fsp3) is 0.500. The van der Waals surface area contributed by atoms with E-state index in [0.29, 0.717) is 18.8 Å². The van der Waals surface area contributed by atoms with E-state index in [2.05, 4.69) is 5.32 Å². The third-order valence-electron chi connectivity index (χ3n) is 3.37. The molecule has 1 amide bonds. The third-order valence-corrected chi connectivity index (χ3v) is 3.37. The maximum Gasteiger partial charge on any atom is 0.231 e. The summed E-state index contributed by atoms with van der Waals surface area (Å²) in [6.45, 7) is 4.04. The molecule has 1 saturated heterocycles. The SMILES string of the molecule is CCN(C(=O)[C@H]1CCCNC1)c1ccccc1F. The van der Waals surface area contributed by atoms with E-state index in [9.17, 15) is 9.18 Å². The van der Waals surface area contributed by atoms with Crippen molar-refractivity contribution in [2.45, 2.75) is 19.8 Å². The zero-order valence-electron chi connectivity index (χ0n) is 10.7. The van der Waals surface area contributed by atoms with Crippen LogP contribution >= 0.6 is 0 Å². The Hall–Kier alpha value is -1.42. The molecule has 4 heteroatoms. The lowest BCUT2D eigenvalue weighted by atomic mass is 9.98. The number of piperidine rings is 1. The van der Waals surface area contributed by atoms with Crippen molar-refractivity contribution in [2.24, 2.45) is 5.92 Å². The van der Waals surface area contributed by atoms with Crippen molar-refractivity contribution in [2.75, 3.05) is 24.5 Å². The van der Waals surface area contributed by atoms with Gasteiger partial charge in [0.05, 0.1) is 11.6 Å². The predicted octanol–water partition coefficient (Wildman–Crippen LogP) is 2.18. The Morgan fingerprint density at radius 2 is 2.28 bits per heavy atom. The molecule has 0 saturated carbocycles. The first-order valence-corrected chi connectivity index (χ1v) is 6.50. The molecule has 98 valence electrons. The second-order valence-electron chi connectivity index (χ2n) is 4.58. The van der Waals surface area contributed by atoms with Crippen LogP contribution in [0.5, 0.6) is 0 Å². The van der Waals surface area contributed by atoms with E-state index in [0.717, 1.165) is 19.4 Å². The van der Waals surface area contributed by atoms with Crippen LogP contribution in [0.4, 0.5) is 10.1 Å². The Kier molecular flexibility index (Phi) is 4.31. The molecule has 0 aliphatic carbocycles. The van der Waals surface area contributed by atoms with Gasteiger partial charge >= 0.3 is 0 Å². The van der Waals surface area contributed by atoms with Crippen molar-refractivity contribution in [1.82, 2.24) is 5.32 Å². The van der Waals surface area contributed by atoms with Crippen LogP contribution in [0.1, 0.15) is 19.8 Å². The zero-order chi connectivity index (χ0) is 13.0. The maximum atomic E-state index is 13.7. The molecular weight excluding hydrogens is 231 g/mol. The summed E-state index contributed by atoms with van der Waals surface area (Å²) in [5.74, 6) is -0.343. The molecule has 18 heavy (non-hydrogen) atoms. The molecule has 1 atom stereocenters. The molecule has 1 aromatic rings. The van der Waals surface area contributed by atoms with Crippen LogP contribution in [0.25, 0.3) is 0 Å². The van der Waals surface area contributed by atoms with Gasteiger partial charge in [-0.25, -0.2) is 4.39 Å². The number of benzene rings is 1. The standard InChI is InChI=1S/C14H19FN2O/c1-2-17(13-8-4-3-7-12(13)15)14(18)11-6-5-9-16-10-11/h3-4,7-8,11,16H,2,5-6,9-10H2,1H3/t11-/m0/s1. The number of anilines is 1. The second-order valence-corrected chi connectivity index (χ2v) is 4.58. The van der Waals surface area contributed by atoms with Crippen molar-refractivity contribution in [3.05, 3.63) is 30.1 Å². The molecule has 0 bridgehead atoms. The molecule has 1 N–H and O–H groups in total. The number of hydrogen-bond donors (Lipinski definition) is 1. The molecule has 0 unspecified atom stereocenters. The highest BCUT2D eigenvalue weighted by atomic mass is 19.1. The minimum absolute atomic E-state index is 0.0230. The summed E-state index contributed by atoms with van der Waals surface area (Å²) in [5, 5.41) is 3.22. The highest BCUT2D eigenvalue weighted by molar-refractivity contribution is 5.95. The van der Waals surface area contributed by atoms with Gasteiger partial charge in [0.15, 0.2) is 0 Å². The largest absolute Gasteiger partial charge is 0.316 e. The molecule has 1 aliphatic heterocycles. The predicted molar refractivity (Wildman–Crippen MR) is 70.0 cm³/mol. The summed E-state index contributed by atoms with van der Waals surface area (Å²) in [7, 11) is 0. The first-order valence-electron chi connectivity index (χ1n) is 6.50. The summed E-state index contributed by atoms with van der Waals surface area (Å²) < 4.78 is 13.7. The van der Waals surface area contributed by atoms with Gasteiger partial charge in [0, 0.05) is 13.1 Å². The number of amides is 1. The Morgan fingerprint density at radius 1 is 1.50 bits per heavy atom. The smallest absolute Gasteiger partial charge is 0.231 e. The molecule has 1 fully saturated rings. The number of para-hydroxylation sites is 1. The van der Waals surface area contributed by atoms with E-state index >= 15 is 0 Å². The molecule has 3 nitrogen and oxygen atoms in total. The topological polar surface area (TPSA) is 32.3 Å². The van der Waals surface area contributed by atoms with E-state index in [4.69, 9.17) is 0 Å². The van der Waals surface area contributed by atoms with Crippen molar-refractivity contribution in [3.63, 3.8) is 0 Å². The minimum Gasteiger partial charge on any atom is -0.316 e. The van der Waals surface area contributed by atoms with Gasteiger partial charge in [-0.2, -0.15) is 0 Å². The normalized spacial score (nSPS) is 19.6. The van der Waals surface area contributed by atoms with Crippen molar-refractivity contribution < 1.29 is 9.18 Å². The summed E-state index contributed by atoms with van der Waals surface area (Å²) >= 11 is 0. The average molecular weight is 250 g/mol. The van der Waals surface area contributed by atoms with Crippen molar-refractivity contribution in [3.8, 4) is 0 Å². The fourth-order valence-electron chi connectivity index (χ4n) is 2.40. The molecule has 1 aromatic carbocycles. The van der Waals surface area contributed by atoms with Crippen LogP contribution in [0.3, 0.4) is 0 Å². The van der Waals surface area contributed by atoms with Gasteiger partial charge in [0.1, 0.15) is 5.82 Å². The van der Waals surface area contributed by atoms with E-state index in [1.54, 1.807) is 23.1 Å². The number of hydrogen-bond acceptors (Lipinski definition) is 2. The number of nitrogens with zero attached hydrogens (tertiary/aromatic N) is 1. The molecule has 1 heterocycles. The lowest BCUT2D eigenvalue weighted by Gasteiger charge is -2.29. The summed E-state index contributed by atoms with van der Waals surface area (Å²) in [6, 6.07) is 6.45. The lowest BCUT2D eigenvalue weighted by molar-refractivity contribution is -0.122. The quantitative estimate of drug-likeness (QED) is 0.891. The summed E-state index contributed by atoms with van der Waals surface area (Å²) in [6.07, 6.45) is 1.89. The van der Waals surface area contributed by atoms with Gasteiger partial charge in [-0.1, -0.05) is 12.1 Å². The lowest BCUT2D eigenvalue weighted by Crippen LogP contribution is -2.43. The zero-order valence-corrected chi connectivity index (χ0v) is 10.7. The van der Waals surface area contributed by atoms with Crippen LogP contribution in [0, 0.1) is 11.7 Å². The molecular formula is C14H19FN2O.